The predicted molar refractivity (Wildman–Crippen MR) is 99.5 cm³/mol. The number of nitrogens with one attached hydrogen (secondary N) is 3. The number of carbonyl (C=O) groups excluding carboxylic acids is 2. The molecule has 1 heterocycles. The summed E-state index contributed by atoms with van der Waals surface area (Å²) in [5.74, 6) is 0.938. The van der Waals surface area contributed by atoms with Gasteiger partial charge in [-0.1, -0.05) is 41.8 Å². The lowest BCUT2D eigenvalue weighted by Crippen LogP contribution is -2.26. The molecule has 0 unspecified atom stereocenters. The number of nitrogens with zero attached hydrogens (tertiary/aromatic N) is 2. The molecule has 1 aromatic carbocycles. The molecule has 0 bridgehead atoms. The lowest BCUT2D eigenvalue weighted by molar-refractivity contribution is -0.118. The van der Waals surface area contributed by atoms with Crippen LogP contribution in [0, 0.1) is 0 Å². The fourth-order valence-electron chi connectivity index (χ4n) is 1.56. The van der Waals surface area contributed by atoms with Crippen LogP contribution in [0.1, 0.15) is 13.8 Å². The summed E-state index contributed by atoms with van der Waals surface area (Å²) in [5.41, 5.74) is 6.65. The molecule has 0 fully saturated rings. The SMILES string of the molecule is CCSc1nnc(SCC(=O)Nc2ccc(NNC(C)=O)cc2)s1. The molecular weight excluding hydrogens is 366 g/mol. The Bertz CT molecular complexity index is 690. The maximum atomic E-state index is 12.0. The molecule has 0 atom stereocenters. The molecule has 24 heavy (non-hydrogen) atoms. The van der Waals surface area contributed by atoms with Crippen molar-refractivity contribution in [3.63, 3.8) is 0 Å². The summed E-state index contributed by atoms with van der Waals surface area (Å²) in [6.45, 7) is 3.48. The van der Waals surface area contributed by atoms with Crippen LogP contribution < -0.4 is 16.2 Å². The number of hydrazine groups is 1. The van der Waals surface area contributed by atoms with Crippen LogP contribution in [0.3, 0.4) is 0 Å². The van der Waals surface area contributed by atoms with Gasteiger partial charge in [-0.2, -0.15) is 0 Å². The molecule has 0 radical (unpaired) electrons. The fourth-order valence-corrected chi connectivity index (χ4v) is 4.28. The lowest BCUT2D eigenvalue weighted by atomic mass is 10.3. The average molecular weight is 384 g/mol. The summed E-state index contributed by atoms with van der Waals surface area (Å²) in [5, 5.41) is 10.9. The van der Waals surface area contributed by atoms with E-state index >= 15 is 0 Å². The highest BCUT2D eigenvalue weighted by Gasteiger charge is 2.08. The van der Waals surface area contributed by atoms with E-state index in [-0.39, 0.29) is 17.6 Å². The number of hydrogen-bond donors (Lipinski definition) is 3. The van der Waals surface area contributed by atoms with Gasteiger partial charge in [-0.3, -0.25) is 20.4 Å². The van der Waals surface area contributed by atoms with Crippen LogP contribution in [0.4, 0.5) is 11.4 Å². The molecule has 0 spiro atoms. The molecule has 10 heteroatoms. The number of anilines is 2. The zero-order chi connectivity index (χ0) is 17.4. The number of aromatic nitrogens is 2. The Hall–Kier alpha value is -1.78. The first-order valence-electron chi connectivity index (χ1n) is 7.08. The minimum Gasteiger partial charge on any atom is -0.325 e. The third kappa shape index (κ3) is 6.38. The second kappa shape index (κ2) is 9.50. The Balaban J connectivity index is 1.77. The van der Waals surface area contributed by atoms with Crippen molar-refractivity contribution in [2.45, 2.75) is 22.5 Å². The molecule has 1 aromatic heterocycles. The predicted octanol–water partition coefficient (Wildman–Crippen LogP) is 2.84. The maximum Gasteiger partial charge on any atom is 0.235 e. The zero-order valence-electron chi connectivity index (χ0n) is 13.2. The second-order valence-corrected chi connectivity index (χ2v) is 8.20. The Morgan fingerprint density at radius 2 is 1.71 bits per heavy atom. The molecule has 2 rings (SSSR count). The van der Waals surface area contributed by atoms with Crippen LogP contribution in [-0.2, 0) is 9.59 Å². The van der Waals surface area contributed by atoms with Crippen molar-refractivity contribution in [1.82, 2.24) is 15.6 Å². The first-order chi connectivity index (χ1) is 11.6. The first kappa shape index (κ1) is 18.6. The van der Waals surface area contributed by atoms with Crippen LogP contribution in [0.5, 0.6) is 0 Å². The molecule has 128 valence electrons. The van der Waals surface area contributed by atoms with Crippen molar-refractivity contribution in [2.75, 3.05) is 22.2 Å². The van der Waals surface area contributed by atoms with Gasteiger partial charge in [-0.15, -0.1) is 10.2 Å². The van der Waals surface area contributed by atoms with Gasteiger partial charge in [0.1, 0.15) is 0 Å². The molecule has 0 saturated heterocycles. The molecule has 0 aliphatic heterocycles. The van der Waals surface area contributed by atoms with Crippen molar-refractivity contribution < 1.29 is 9.59 Å². The number of carbonyl (C=O) groups is 2. The monoisotopic (exact) mass is 383 g/mol. The molecule has 0 aliphatic rings. The average Bonchev–Trinajstić information content (AvgIpc) is 3.00. The van der Waals surface area contributed by atoms with Gasteiger partial charge >= 0.3 is 0 Å². The van der Waals surface area contributed by atoms with Gasteiger partial charge in [0.15, 0.2) is 8.68 Å². The third-order valence-corrected chi connectivity index (χ3v) is 5.61. The number of thioether (sulfide) groups is 2. The van der Waals surface area contributed by atoms with Gasteiger partial charge in [-0.05, 0) is 30.0 Å². The summed E-state index contributed by atoms with van der Waals surface area (Å²) in [7, 11) is 0. The van der Waals surface area contributed by atoms with E-state index in [1.54, 1.807) is 36.0 Å². The maximum absolute atomic E-state index is 12.0. The standard InChI is InChI=1S/C14H17N5O2S3/c1-3-22-13-18-19-14(24-13)23-8-12(21)15-10-4-6-11(7-5-10)17-16-9(2)20/h4-7,17H,3,8H2,1-2H3,(H,15,21)(H,16,20). The van der Waals surface area contributed by atoms with E-state index in [4.69, 9.17) is 0 Å². The second-order valence-electron chi connectivity index (χ2n) is 4.49. The normalized spacial score (nSPS) is 10.2. The molecule has 2 aromatic rings. The van der Waals surface area contributed by atoms with Crippen LogP contribution in [-0.4, -0.2) is 33.5 Å². The zero-order valence-corrected chi connectivity index (χ0v) is 15.6. The topological polar surface area (TPSA) is 96.0 Å². The molecule has 7 nitrogen and oxygen atoms in total. The van der Waals surface area contributed by atoms with Crippen LogP contribution in [0.15, 0.2) is 32.9 Å². The van der Waals surface area contributed by atoms with Gasteiger partial charge in [-0.25, -0.2) is 0 Å². The van der Waals surface area contributed by atoms with Crippen LogP contribution >= 0.6 is 34.9 Å². The number of hydrogen-bond acceptors (Lipinski definition) is 8. The number of amides is 2. The Morgan fingerprint density at radius 1 is 1.08 bits per heavy atom. The van der Waals surface area contributed by atoms with Crippen LogP contribution in [0.25, 0.3) is 0 Å². The third-order valence-electron chi connectivity index (χ3n) is 2.53. The highest BCUT2D eigenvalue weighted by Crippen LogP contribution is 2.28. The van der Waals surface area contributed by atoms with E-state index < -0.39 is 0 Å². The van der Waals surface area contributed by atoms with Crippen molar-refractivity contribution in [3.05, 3.63) is 24.3 Å². The van der Waals surface area contributed by atoms with Crippen LogP contribution in [0.2, 0.25) is 0 Å². The highest BCUT2D eigenvalue weighted by atomic mass is 32.2. The Morgan fingerprint density at radius 3 is 2.33 bits per heavy atom. The van der Waals surface area contributed by atoms with E-state index in [1.165, 1.54) is 30.0 Å². The largest absolute Gasteiger partial charge is 0.325 e. The smallest absolute Gasteiger partial charge is 0.235 e. The molecule has 0 aliphatic carbocycles. The Kier molecular flexibility index (Phi) is 7.35. The van der Waals surface area contributed by atoms with E-state index in [2.05, 4.69) is 33.3 Å². The van der Waals surface area contributed by atoms with E-state index in [1.807, 2.05) is 0 Å². The van der Waals surface area contributed by atoms with Crippen molar-refractivity contribution in [1.29, 1.82) is 0 Å². The van der Waals surface area contributed by atoms with Gasteiger partial charge in [0.25, 0.3) is 0 Å². The molecule has 3 N–H and O–H groups in total. The summed E-state index contributed by atoms with van der Waals surface area (Å²) >= 11 is 4.50. The van der Waals surface area contributed by atoms with E-state index in [0.717, 1.165) is 20.1 Å². The highest BCUT2D eigenvalue weighted by molar-refractivity contribution is 8.03. The van der Waals surface area contributed by atoms with E-state index in [0.29, 0.717) is 5.69 Å². The Labute approximate surface area is 152 Å². The summed E-state index contributed by atoms with van der Waals surface area (Å²) < 4.78 is 1.71. The minimum absolute atomic E-state index is 0.109. The van der Waals surface area contributed by atoms with Crippen molar-refractivity contribution in [2.24, 2.45) is 0 Å². The number of benzene rings is 1. The fraction of sp³-hybridized carbons (Fsp3) is 0.286. The van der Waals surface area contributed by atoms with E-state index in [9.17, 15) is 9.59 Å². The van der Waals surface area contributed by atoms with Crippen molar-refractivity contribution >= 4 is 58.0 Å². The van der Waals surface area contributed by atoms with Gasteiger partial charge in [0.05, 0.1) is 11.4 Å². The summed E-state index contributed by atoms with van der Waals surface area (Å²) in [6, 6.07) is 7.04. The van der Waals surface area contributed by atoms with Gasteiger partial charge < -0.3 is 5.32 Å². The lowest BCUT2D eigenvalue weighted by Gasteiger charge is -2.08. The molecule has 2 amide bonds. The van der Waals surface area contributed by atoms with Gasteiger partial charge in [0.2, 0.25) is 11.8 Å². The van der Waals surface area contributed by atoms with Crippen molar-refractivity contribution in [3.8, 4) is 0 Å². The summed E-state index contributed by atoms with van der Waals surface area (Å²) in [4.78, 5) is 22.8. The number of rotatable bonds is 8. The molecular formula is C14H17N5O2S3. The van der Waals surface area contributed by atoms with Gasteiger partial charge in [0, 0.05) is 12.6 Å². The molecule has 0 saturated carbocycles. The first-order valence-corrected chi connectivity index (χ1v) is 9.87. The minimum atomic E-state index is -0.179. The quantitative estimate of drug-likeness (QED) is 0.476. The summed E-state index contributed by atoms with van der Waals surface area (Å²) in [6.07, 6.45) is 0.